The molecule has 0 unspecified atom stereocenters. The van der Waals surface area contributed by atoms with E-state index in [1.807, 2.05) is 31.1 Å². The molecule has 0 spiro atoms. The van der Waals surface area contributed by atoms with E-state index in [9.17, 15) is 4.79 Å². The third-order valence-electron chi connectivity index (χ3n) is 3.46. The summed E-state index contributed by atoms with van der Waals surface area (Å²) in [6, 6.07) is 0. The molecular weight excluding hydrogens is 282 g/mol. The first kappa shape index (κ1) is 14.2. The first-order valence-corrected chi connectivity index (χ1v) is 7.20. The van der Waals surface area contributed by atoms with Crippen molar-refractivity contribution in [1.29, 1.82) is 0 Å². The summed E-state index contributed by atoms with van der Waals surface area (Å²) in [6.07, 6.45) is 7.02. The minimum atomic E-state index is -0.414. The van der Waals surface area contributed by atoms with E-state index in [4.69, 9.17) is 4.74 Å². The number of hydrogen-bond donors (Lipinski definition) is 0. The van der Waals surface area contributed by atoms with Crippen LogP contribution in [0.4, 0.5) is 0 Å². The van der Waals surface area contributed by atoms with Gasteiger partial charge in [-0.25, -0.2) is 14.3 Å². The van der Waals surface area contributed by atoms with Crippen molar-refractivity contribution >= 4 is 23.4 Å². The maximum absolute atomic E-state index is 12.0. The van der Waals surface area contributed by atoms with Gasteiger partial charge < -0.3 is 4.74 Å². The average molecular weight is 299 g/mol. The molecule has 7 heteroatoms. The molecule has 0 aliphatic carbocycles. The van der Waals surface area contributed by atoms with E-state index in [0.717, 1.165) is 23.5 Å². The zero-order valence-electron chi connectivity index (χ0n) is 12.8. The maximum Gasteiger partial charge on any atom is 0.343 e. The molecule has 1 aliphatic rings. The number of ether oxygens (including phenoxy) is 1. The van der Waals surface area contributed by atoms with Crippen LogP contribution in [0, 0.1) is 0 Å². The van der Waals surface area contributed by atoms with Crippen LogP contribution in [-0.4, -0.2) is 44.4 Å². The van der Waals surface area contributed by atoms with Gasteiger partial charge in [-0.3, -0.25) is 5.01 Å². The molecule has 0 atom stereocenters. The highest BCUT2D eigenvalue weighted by atomic mass is 16.5. The van der Waals surface area contributed by atoms with Gasteiger partial charge >= 0.3 is 5.97 Å². The van der Waals surface area contributed by atoms with E-state index in [0.29, 0.717) is 17.8 Å². The Bertz CT molecular complexity index is 791. The predicted molar refractivity (Wildman–Crippen MR) is 82.6 cm³/mol. The molecule has 0 radical (unpaired) electrons. The van der Waals surface area contributed by atoms with E-state index in [-0.39, 0.29) is 0 Å². The number of rotatable bonds is 3. The fourth-order valence-electron chi connectivity index (χ4n) is 2.35. The van der Waals surface area contributed by atoms with Gasteiger partial charge in [0.1, 0.15) is 5.56 Å². The Morgan fingerprint density at radius 2 is 2.14 bits per heavy atom. The second kappa shape index (κ2) is 5.59. The molecule has 7 nitrogen and oxygen atoms in total. The van der Waals surface area contributed by atoms with Gasteiger partial charge in [0.15, 0.2) is 5.65 Å². The highest BCUT2D eigenvalue weighted by Crippen LogP contribution is 2.19. The number of carbonyl (C=O) groups is 1. The summed E-state index contributed by atoms with van der Waals surface area (Å²) in [7, 11) is 0. The number of nitrogens with zero attached hydrogens (tertiary/aromatic N) is 5. The number of hydrazone groups is 1. The fourth-order valence-corrected chi connectivity index (χ4v) is 2.35. The standard InChI is InChI=1S/C15H17N5O2/c1-4-19-7-6-13-11(10(3)18-19)8-16-14-12(9-17-20(13)14)15(21)22-5-2/h6-9H,4-5H2,1-3H3. The Kier molecular flexibility index (Phi) is 3.62. The molecule has 3 rings (SSSR count). The topological polar surface area (TPSA) is 72.1 Å². The molecule has 0 amide bonds. The van der Waals surface area contributed by atoms with Crippen molar-refractivity contribution in [3.63, 3.8) is 0 Å². The van der Waals surface area contributed by atoms with Crippen LogP contribution in [0.3, 0.4) is 0 Å². The lowest BCUT2D eigenvalue weighted by Crippen LogP contribution is -2.11. The van der Waals surface area contributed by atoms with Crippen LogP contribution in [0.15, 0.2) is 23.7 Å². The van der Waals surface area contributed by atoms with Crippen molar-refractivity contribution in [1.82, 2.24) is 19.6 Å². The molecule has 0 fully saturated rings. The van der Waals surface area contributed by atoms with E-state index >= 15 is 0 Å². The Balaban J connectivity index is 2.17. The quantitative estimate of drug-likeness (QED) is 0.810. The molecule has 114 valence electrons. The van der Waals surface area contributed by atoms with Crippen molar-refractivity contribution < 1.29 is 9.53 Å². The summed E-state index contributed by atoms with van der Waals surface area (Å²) in [6.45, 7) is 6.81. The van der Waals surface area contributed by atoms with Gasteiger partial charge in [0.2, 0.25) is 0 Å². The lowest BCUT2D eigenvalue weighted by molar-refractivity contribution is 0.0528. The number of carbonyl (C=O) groups excluding carboxylic acids is 1. The van der Waals surface area contributed by atoms with E-state index in [1.165, 1.54) is 6.20 Å². The van der Waals surface area contributed by atoms with Gasteiger partial charge in [-0.1, -0.05) is 0 Å². The molecule has 0 saturated carbocycles. The third-order valence-corrected chi connectivity index (χ3v) is 3.46. The Morgan fingerprint density at radius 3 is 2.86 bits per heavy atom. The van der Waals surface area contributed by atoms with Crippen LogP contribution < -0.4 is 0 Å². The normalized spacial score (nSPS) is 13.8. The van der Waals surface area contributed by atoms with Crippen LogP contribution in [0.1, 0.15) is 42.4 Å². The number of hydrogen-bond acceptors (Lipinski definition) is 6. The molecule has 22 heavy (non-hydrogen) atoms. The molecule has 0 bridgehead atoms. The summed E-state index contributed by atoms with van der Waals surface area (Å²) in [5.74, 6) is -0.414. The summed E-state index contributed by atoms with van der Waals surface area (Å²) < 4.78 is 6.69. The largest absolute Gasteiger partial charge is 0.462 e. The molecule has 1 aliphatic heterocycles. The molecule has 2 aromatic heterocycles. The molecular formula is C15H17N5O2. The summed E-state index contributed by atoms with van der Waals surface area (Å²) in [5, 5.41) is 10.6. The van der Waals surface area contributed by atoms with Gasteiger partial charge in [-0.15, -0.1) is 0 Å². The van der Waals surface area contributed by atoms with Crippen LogP contribution in [-0.2, 0) is 4.74 Å². The summed E-state index contributed by atoms with van der Waals surface area (Å²) in [5.41, 5.74) is 3.43. The van der Waals surface area contributed by atoms with E-state index < -0.39 is 5.97 Å². The SMILES string of the molecule is CCOC(=O)c1cnn2c3c(cnc12)C(C)=NN(CC)C=C3. The van der Waals surface area contributed by atoms with Crippen molar-refractivity contribution in [2.75, 3.05) is 13.2 Å². The Labute approximate surface area is 127 Å². The van der Waals surface area contributed by atoms with Crippen molar-refractivity contribution in [2.45, 2.75) is 20.8 Å². The highest BCUT2D eigenvalue weighted by Gasteiger charge is 2.19. The molecule has 0 N–H and O–H groups in total. The average Bonchev–Trinajstić information content (AvgIpc) is 2.88. The minimum absolute atomic E-state index is 0.318. The highest BCUT2D eigenvalue weighted by molar-refractivity contribution is 6.02. The van der Waals surface area contributed by atoms with Crippen molar-refractivity contribution in [2.24, 2.45) is 5.10 Å². The van der Waals surface area contributed by atoms with Crippen molar-refractivity contribution in [3.05, 3.63) is 35.4 Å². The van der Waals surface area contributed by atoms with Crippen LogP contribution in [0.25, 0.3) is 11.7 Å². The van der Waals surface area contributed by atoms with E-state index in [2.05, 4.69) is 15.2 Å². The fraction of sp³-hybridized carbons (Fsp3) is 0.333. The van der Waals surface area contributed by atoms with E-state index in [1.54, 1.807) is 17.6 Å². The second-order valence-corrected chi connectivity index (χ2v) is 4.83. The maximum atomic E-state index is 12.0. The zero-order valence-corrected chi connectivity index (χ0v) is 12.8. The molecule has 2 aromatic rings. The lowest BCUT2D eigenvalue weighted by atomic mass is 10.1. The van der Waals surface area contributed by atoms with Gasteiger partial charge in [0, 0.05) is 24.5 Å². The molecule has 3 heterocycles. The lowest BCUT2D eigenvalue weighted by Gasteiger charge is -2.10. The minimum Gasteiger partial charge on any atom is -0.462 e. The predicted octanol–water partition coefficient (Wildman–Crippen LogP) is 1.94. The van der Waals surface area contributed by atoms with Gasteiger partial charge in [0.05, 0.1) is 24.2 Å². The molecule has 0 saturated heterocycles. The van der Waals surface area contributed by atoms with Crippen LogP contribution in [0.2, 0.25) is 0 Å². The smallest absolute Gasteiger partial charge is 0.343 e. The van der Waals surface area contributed by atoms with Gasteiger partial charge in [-0.2, -0.15) is 10.2 Å². The summed E-state index contributed by atoms with van der Waals surface area (Å²) in [4.78, 5) is 16.3. The first-order valence-electron chi connectivity index (χ1n) is 7.20. The first-order chi connectivity index (χ1) is 10.7. The number of aromatic nitrogens is 3. The Hall–Kier alpha value is -2.70. The number of fused-ring (bicyclic) bond motifs is 3. The Morgan fingerprint density at radius 1 is 1.32 bits per heavy atom. The third kappa shape index (κ3) is 2.24. The van der Waals surface area contributed by atoms with Gasteiger partial charge in [-0.05, 0) is 26.8 Å². The van der Waals surface area contributed by atoms with Gasteiger partial charge in [0.25, 0.3) is 0 Å². The number of esters is 1. The monoisotopic (exact) mass is 299 g/mol. The zero-order chi connectivity index (χ0) is 15.7. The molecule has 0 aromatic carbocycles. The van der Waals surface area contributed by atoms with Crippen LogP contribution >= 0.6 is 0 Å². The summed E-state index contributed by atoms with van der Waals surface area (Å²) >= 11 is 0. The van der Waals surface area contributed by atoms with Crippen molar-refractivity contribution in [3.8, 4) is 0 Å². The second-order valence-electron chi connectivity index (χ2n) is 4.83. The van der Waals surface area contributed by atoms with Crippen LogP contribution in [0.5, 0.6) is 0 Å².